The first-order chi connectivity index (χ1) is 11.1. The summed E-state index contributed by atoms with van der Waals surface area (Å²) in [6, 6.07) is -0.142. The Balaban J connectivity index is 2.69. The maximum atomic E-state index is 13.9. The van der Waals surface area contributed by atoms with E-state index in [9.17, 15) is 35.1 Å². The highest BCUT2D eigenvalue weighted by Crippen LogP contribution is 2.41. The van der Waals surface area contributed by atoms with Crippen LogP contribution in [-0.4, -0.2) is 0 Å². The van der Waals surface area contributed by atoms with Crippen molar-refractivity contribution in [2.24, 2.45) is 0 Å². The van der Waals surface area contributed by atoms with Gasteiger partial charge in [0.25, 0.3) is 0 Å². The summed E-state index contributed by atoms with van der Waals surface area (Å²) in [6.07, 6.45) is 0. The van der Waals surface area contributed by atoms with Gasteiger partial charge in [-0.25, -0.2) is 35.1 Å². The highest BCUT2D eigenvalue weighted by Gasteiger charge is 2.31. The van der Waals surface area contributed by atoms with Crippen molar-refractivity contribution in [2.45, 2.75) is 14.6 Å². The second-order valence-corrected chi connectivity index (χ2v) is 6.32. The quantitative estimate of drug-likeness (QED) is 0.318. The third kappa shape index (κ3) is 3.16. The SMILES string of the molecule is Fc1cc(F)c(F)c(Sc2c(F)c(F)c(C(Cl)Cl)c(F)c2F)c1F. The zero-order valence-corrected chi connectivity index (χ0v) is 13.2. The van der Waals surface area contributed by atoms with Gasteiger partial charge < -0.3 is 0 Å². The highest BCUT2D eigenvalue weighted by atomic mass is 35.5. The van der Waals surface area contributed by atoms with E-state index in [1.165, 1.54) is 0 Å². The van der Waals surface area contributed by atoms with Crippen LogP contribution in [0, 0.1) is 46.5 Å². The molecule has 0 saturated carbocycles. The molecule has 130 valence electrons. The van der Waals surface area contributed by atoms with Crippen LogP contribution in [0.25, 0.3) is 0 Å². The fourth-order valence-corrected chi connectivity index (χ4v) is 2.97. The van der Waals surface area contributed by atoms with E-state index in [1.54, 1.807) is 0 Å². The van der Waals surface area contributed by atoms with Crippen molar-refractivity contribution in [3.63, 3.8) is 0 Å². The van der Waals surface area contributed by atoms with Crippen LogP contribution in [-0.2, 0) is 0 Å². The van der Waals surface area contributed by atoms with Crippen molar-refractivity contribution < 1.29 is 35.1 Å². The highest BCUT2D eigenvalue weighted by molar-refractivity contribution is 7.99. The minimum Gasteiger partial charge on any atom is -0.204 e. The van der Waals surface area contributed by atoms with Crippen LogP contribution in [0.2, 0.25) is 0 Å². The molecule has 0 aliphatic rings. The van der Waals surface area contributed by atoms with Crippen LogP contribution in [0.4, 0.5) is 35.1 Å². The van der Waals surface area contributed by atoms with E-state index in [0.29, 0.717) is 0 Å². The lowest BCUT2D eigenvalue weighted by molar-refractivity contribution is 0.413. The molecule has 0 aliphatic heterocycles. The zero-order chi connectivity index (χ0) is 18.3. The molecule has 0 aliphatic carbocycles. The predicted molar refractivity (Wildman–Crippen MR) is 71.1 cm³/mol. The molecule has 2 aromatic rings. The summed E-state index contributed by atoms with van der Waals surface area (Å²) in [6.45, 7) is 0. The van der Waals surface area contributed by atoms with E-state index in [0.717, 1.165) is 0 Å². The van der Waals surface area contributed by atoms with Gasteiger partial charge in [-0.15, -0.1) is 0 Å². The molecule has 2 aromatic carbocycles. The summed E-state index contributed by atoms with van der Waals surface area (Å²) in [5, 5.41) is 0. The summed E-state index contributed by atoms with van der Waals surface area (Å²) < 4.78 is 108. The van der Waals surface area contributed by atoms with Crippen LogP contribution in [0.3, 0.4) is 0 Å². The first kappa shape index (κ1) is 19.1. The van der Waals surface area contributed by atoms with Crippen molar-refractivity contribution in [1.29, 1.82) is 0 Å². The number of hydrogen-bond acceptors (Lipinski definition) is 1. The molecule has 0 nitrogen and oxygen atoms in total. The second-order valence-electron chi connectivity index (χ2n) is 4.20. The van der Waals surface area contributed by atoms with E-state index < -0.39 is 78.5 Å². The number of hydrogen-bond donors (Lipinski definition) is 0. The number of alkyl halides is 2. The monoisotopic (exact) mass is 412 g/mol. The molecule has 0 amide bonds. The Morgan fingerprint density at radius 1 is 0.625 bits per heavy atom. The lowest BCUT2D eigenvalue weighted by Crippen LogP contribution is -2.06. The largest absolute Gasteiger partial charge is 0.204 e. The van der Waals surface area contributed by atoms with Gasteiger partial charge in [0.2, 0.25) is 0 Å². The fourth-order valence-electron chi connectivity index (χ4n) is 1.65. The average Bonchev–Trinajstić information content (AvgIpc) is 2.50. The minimum atomic E-state index is -2.08. The normalized spacial score (nSPS) is 11.5. The lowest BCUT2D eigenvalue weighted by Gasteiger charge is -2.13. The lowest BCUT2D eigenvalue weighted by atomic mass is 10.2. The molecule has 0 atom stereocenters. The Morgan fingerprint density at radius 3 is 1.38 bits per heavy atom. The zero-order valence-electron chi connectivity index (χ0n) is 10.8. The molecule has 0 N–H and O–H groups in total. The summed E-state index contributed by atoms with van der Waals surface area (Å²) in [4.78, 5) is -5.07. The second kappa shape index (κ2) is 6.97. The maximum Gasteiger partial charge on any atom is 0.176 e. The molecule has 0 radical (unpaired) electrons. The van der Waals surface area contributed by atoms with E-state index in [-0.39, 0.29) is 6.07 Å². The fraction of sp³-hybridized carbons (Fsp3) is 0.0769. The first-order valence-corrected chi connectivity index (χ1v) is 7.41. The van der Waals surface area contributed by atoms with Crippen LogP contribution in [0.15, 0.2) is 15.9 Å². The molecular formula is C13H2Cl2F8S. The molecule has 0 spiro atoms. The molecular weight excluding hydrogens is 411 g/mol. The Morgan fingerprint density at radius 2 is 1.00 bits per heavy atom. The Bertz CT molecular complexity index is 769. The third-order valence-electron chi connectivity index (χ3n) is 2.75. The topological polar surface area (TPSA) is 0 Å². The average molecular weight is 413 g/mol. The standard InChI is InChI=1S/C13H2Cl2F8S/c14-13(15)4-7(20)9(22)12(10(23)8(4)21)24-11-5(18)2(16)1-3(17)6(11)19/h1,13H. The van der Waals surface area contributed by atoms with E-state index in [4.69, 9.17) is 23.2 Å². The summed E-state index contributed by atoms with van der Waals surface area (Å²) in [5.41, 5.74) is -1.36. The van der Waals surface area contributed by atoms with Gasteiger partial charge in [-0.05, 0) is 0 Å². The third-order valence-corrected chi connectivity index (χ3v) is 4.31. The predicted octanol–water partition coefficient (Wildman–Crippen LogP) is 6.43. The molecule has 2 rings (SSSR count). The van der Waals surface area contributed by atoms with Gasteiger partial charge in [0, 0.05) is 6.07 Å². The van der Waals surface area contributed by atoms with Crippen LogP contribution in [0.1, 0.15) is 10.4 Å². The Labute approximate surface area is 143 Å². The van der Waals surface area contributed by atoms with Gasteiger partial charge in [0.15, 0.2) is 46.5 Å². The van der Waals surface area contributed by atoms with Gasteiger partial charge in [0.1, 0.15) is 4.84 Å². The van der Waals surface area contributed by atoms with Gasteiger partial charge in [0.05, 0.1) is 15.4 Å². The smallest absolute Gasteiger partial charge is 0.176 e. The minimum absolute atomic E-state index is 0.142. The van der Waals surface area contributed by atoms with Crippen molar-refractivity contribution in [3.05, 3.63) is 58.2 Å². The first-order valence-electron chi connectivity index (χ1n) is 5.72. The molecule has 0 unspecified atom stereocenters. The van der Waals surface area contributed by atoms with Crippen molar-refractivity contribution in [1.82, 2.24) is 0 Å². The van der Waals surface area contributed by atoms with E-state index in [1.807, 2.05) is 0 Å². The number of halogens is 10. The van der Waals surface area contributed by atoms with E-state index in [2.05, 4.69) is 0 Å². The Kier molecular flexibility index (Phi) is 5.56. The number of rotatable bonds is 3. The van der Waals surface area contributed by atoms with Gasteiger partial charge in [-0.1, -0.05) is 35.0 Å². The molecule has 24 heavy (non-hydrogen) atoms. The number of benzene rings is 2. The van der Waals surface area contributed by atoms with Gasteiger partial charge in [-0.2, -0.15) is 0 Å². The summed E-state index contributed by atoms with van der Waals surface area (Å²) >= 11 is 9.80. The molecule has 0 heterocycles. The van der Waals surface area contributed by atoms with Crippen molar-refractivity contribution in [3.8, 4) is 0 Å². The van der Waals surface area contributed by atoms with Crippen molar-refractivity contribution in [2.75, 3.05) is 0 Å². The maximum absolute atomic E-state index is 13.9. The van der Waals surface area contributed by atoms with Crippen LogP contribution >= 0.6 is 35.0 Å². The molecule has 0 aromatic heterocycles. The Hall–Kier alpha value is -1.19. The van der Waals surface area contributed by atoms with Gasteiger partial charge >= 0.3 is 0 Å². The van der Waals surface area contributed by atoms with Gasteiger partial charge in [-0.3, -0.25) is 0 Å². The van der Waals surface area contributed by atoms with Crippen molar-refractivity contribution >= 4 is 35.0 Å². The molecule has 0 bridgehead atoms. The van der Waals surface area contributed by atoms with Crippen LogP contribution in [0.5, 0.6) is 0 Å². The molecule has 0 saturated heterocycles. The van der Waals surface area contributed by atoms with Crippen LogP contribution < -0.4 is 0 Å². The molecule has 11 heteroatoms. The summed E-state index contributed by atoms with van der Waals surface area (Å²) in [5.74, 6) is -15.9. The molecule has 0 fully saturated rings. The van der Waals surface area contributed by atoms with E-state index >= 15 is 0 Å². The summed E-state index contributed by atoms with van der Waals surface area (Å²) in [7, 11) is 0.